The van der Waals surface area contributed by atoms with Crippen molar-refractivity contribution in [2.75, 3.05) is 0 Å². The Morgan fingerprint density at radius 3 is 2.21 bits per heavy atom. The Morgan fingerprint density at radius 1 is 0.848 bits per heavy atom. The van der Waals surface area contributed by atoms with Crippen LogP contribution in [0, 0.1) is 11.3 Å². The zero-order chi connectivity index (χ0) is 22.9. The average Bonchev–Trinajstić information content (AvgIpc) is 3.15. The lowest BCUT2D eigenvalue weighted by atomic mass is 10.1. The summed E-state index contributed by atoms with van der Waals surface area (Å²) < 4.78 is 3.14. The van der Waals surface area contributed by atoms with Crippen molar-refractivity contribution in [2.45, 2.75) is 13.1 Å². The Hall–Kier alpha value is -4.63. The van der Waals surface area contributed by atoms with Crippen LogP contribution in [0.2, 0.25) is 0 Å². The number of rotatable bonds is 5. The Kier molecular flexibility index (Phi) is 5.00. The summed E-state index contributed by atoms with van der Waals surface area (Å²) in [6.45, 7) is -0.0799. The van der Waals surface area contributed by atoms with Crippen LogP contribution in [0.25, 0.3) is 33.1 Å². The minimum atomic E-state index is -1.10. The maximum Gasteiger partial charge on any atom is 0.323 e. The van der Waals surface area contributed by atoms with Crippen LogP contribution in [0.5, 0.6) is 0 Å². The van der Waals surface area contributed by atoms with Crippen molar-refractivity contribution in [3.8, 4) is 17.3 Å². The summed E-state index contributed by atoms with van der Waals surface area (Å²) in [5.74, 6) is -1.10. The first-order valence-corrected chi connectivity index (χ1v) is 10.5. The number of fused-ring (bicyclic) bond motifs is 3. The van der Waals surface area contributed by atoms with Crippen molar-refractivity contribution < 1.29 is 9.90 Å². The Balaban J connectivity index is 1.93. The molecule has 0 saturated carbocycles. The lowest BCUT2D eigenvalue weighted by molar-refractivity contribution is -0.137. The number of nitrogens with zero attached hydrogens (tertiary/aromatic N) is 3. The predicted molar refractivity (Wildman–Crippen MR) is 127 cm³/mol. The third-order valence-corrected chi connectivity index (χ3v) is 5.81. The SMILES string of the molecule is N#Cc1cccc2c3cc(-c4ccccc4)n(CC(=O)O)c(=O)c3n(Cc3ccccc3)c12. The lowest BCUT2D eigenvalue weighted by Gasteiger charge is -2.14. The highest BCUT2D eigenvalue weighted by Crippen LogP contribution is 2.33. The van der Waals surface area contributed by atoms with E-state index >= 15 is 0 Å². The van der Waals surface area contributed by atoms with Gasteiger partial charge >= 0.3 is 5.97 Å². The van der Waals surface area contributed by atoms with Crippen molar-refractivity contribution in [3.63, 3.8) is 0 Å². The molecule has 5 aromatic rings. The molecular weight excluding hydrogens is 414 g/mol. The third kappa shape index (κ3) is 3.46. The van der Waals surface area contributed by atoms with Crippen LogP contribution >= 0.6 is 0 Å². The second-order valence-corrected chi connectivity index (χ2v) is 7.83. The molecule has 0 aliphatic carbocycles. The van der Waals surface area contributed by atoms with Gasteiger partial charge in [0, 0.05) is 17.3 Å². The number of aliphatic carboxylic acids is 1. The van der Waals surface area contributed by atoms with Crippen LogP contribution in [0.3, 0.4) is 0 Å². The summed E-state index contributed by atoms with van der Waals surface area (Å²) in [5.41, 5.74) is 3.37. The number of hydrogen-bond acceptors (Lipinski definition) is 3. The number of carboxylic acids is 1. The van der Waals surface area contributed by atoms with Crippen LogP contribution < -0.4 is 5.56 Å². The Bertz CT molecular complexity index is 1610. The highest BCUT2D eigenvalue weighted by molar-refractivity contribution is 6.10. The first kappa shape index (κ1) is 20.3. The molecule has 0 bridgehead atoms. The van der Waals surface area contributed by atoms with E-state index in [2.05, 4.69) is 6.07 Å². The van der Waals surface area contributed by atoms with Gasteiger partial charge in [-0.1, -0.05) is 72.8 Å². The summed E-state index contributed by atoms with van der Waals surface area (Å²) >= 11 is 0. The van der Waals surface area contributed by atoms with Crippen LogP contribution in [0.4, 0.5) is 0 Å². The molecule has 2 aromatic heterocycles. The molecule has 6 nitrogen and oxygen atoms in total. The normalized spacial score (nSPS) is 11.0. The van der Waals surface area contributed by atoms with Gasteiger partial charge in [-0.15, -0.1) is 0 Å². The number of hydrogen-bond donors (Lipinski definition) is 1. The van der Waals surface area contributed by atoms with E-state index in [9.17, 15) is 20.0 Å². The third-order valence-electron chi connectivity index (χ3n) is 5.81. The molecule has 0 aliphatic rings. The zero-order valence-corrected chi connectivity index (χ0v) is 17.6. The molecule has 0 fully saturated rings. The molecule has 160 valence electrons. The van der Waals surface area contributed by atoms with Crippen molar-refractivity contribution >= 4 is 27.8 Å². The maximum absolute atomic E-state index is 13.8. The van der Waals surface area contributed by atoms with E-state index in [0.29, 0.717) is 34.2 Å². The summed E-state index contributed by atoms with van der Waals surface area (Å²) in [4.78, 5) is 25.5. The summed E-state index contributed by atoms with van der Waals surface area (Å²) in [6, 6.07) is 28.5. The first-order chi connectivity index (χ1) is 16.1. The van der Waals surface area contributed by atoms with E-state index < -0.39 is 18.1 Å². The number of nitriles is 1. The Labute approximate surface area is 189 Å². The van der Waals surface area contributed by atoms with E-state index in [1.807, 2.05) is 77.4 Å². The molecule has 5 rings (SSSR count). The van der Waals surface area contributed by atoms with Gasteiger partial charge in [0.1, 0.15) is 18.1 Å². The quantitative estimate of drug-likeness (QED) is 0.438. The molecule has 0 spiro atoms. The van der Waals surface area contributed by atoms with Gasteiger partial charge in [0.15, 0.2) is 0 Å². The second kappa shape index (κ2) is 8.13. The van der Waals surface area contributed by atoms with Gasteiger partial charge in [-0.05, 0) is 23.3 Å². The van der Waals surface area contributed by atoms with Crippen LogP contribution in [0.15, 0.2) is 89.7 Å². The van der Waals surface area contributed by atoms with Crippen LogP contribution in [-0.2, 0) is 17.9 Å². The molecule has 0 atom stereocenters. The highest BCUT2D eigenvalue weighted by atomic mass is 16.4. The van der Waals surface area contributed by atoms with Crippen LogP contribution in [0.1, 0.15) is 11.1 Å². The Morgan fingerprint density at radius 2 is 1.55 bits per heavy atom. The minimum Gasteiger partial charge on any atom is -0.480 e. The second-order valence-electron chi connectivity index (χ2n) is 7.83. The molecule has 0 amide bonds. The lowest BCUT2D eigenvalue weighted by Crippen LogP contribution is -2.27. The van der Waals surface area contributed by atoms with Gasteiger partial charge in [0.2, 0.25) is 0 Å². The van der Waals surface area contributed by atoms with Gasteiger partial charge < -0.3 is 9.67 Å². The zero-order valence-electron chi connectivity index (χ0n) is 17.6. The first-order valence-electron chi connectivity index (χ1n) is 10.5. The molecule has 3 aromatic carbocycles. The van der Waals surface area contributed by atoms with E-state index in [1.54, 1.807) is 12.1 Å². The molecule has 33 heavy (non-hydrogen) atoms. The molecule has 0 radical (unpaired) electrons. The van der Waals surface area contributed by atoms with Gasteiger partial charge in [-0.3, -0.25) is 14.2 Å². The molecule has 1 N–H and O–H groups in total. The fourth-order valence-corrected chi connectivity index (χ4v) is 4.42. The van der Waals surface area contributed by atoms with E-state index in [1.165, 1.54) is 4.57 Å². The maximum atomic E-state index is 13.8. The van der Waals surface area contributed by atoms with E-state index in [4.69, 9.17) is 0 Å². The number of para-hydroxylation sites is 1. The van der Waals surface area contributed by atoms with Gasteiger partial charge in [-0.2, -0.15) is 5.26 Å². The number of aromatic nitrogens is 2. The molecule has 2 heterocycles. The summed E-state index contributed by atoms with van der Waals surface area (Å²) in [5, 5.41) is 20.8. The topological polar surface area (TPSA) is 88.0 Å². The monoisotopic (exact) mass is 433 g/mol. The van der Waals surface area contributed by atoms with Crippen molar-refractivity contribution in [3.05, 3.63) is 106 Å². The fraction of sp³-hybridized carbons (Fsp3) is 0.0741. The van der Waals surface area contributed by atoms with Gasteiger partial charge in [0.05, 0.1) is 16.8 Å². The van der Waals surface area contributed by atoms with E-state index in [0.717, 1.165) is 16.5 Å². The predicted octanol–water partition coefficient (Wildman–Crippen LogP) is 4.63. The highest BCUT2D eigenvalue weighted by Gasteiger charge is 2.21. The number of carbonyl (C=O) groups is 1. The van der Waals surface area contributed by atoms with Crippen molar-refractivity contribution in [1.29, 1.82) is 5.26 Å². The number of pyridine rings is 1. The fourth-order valence-electron chi connectivity index (χ4n) is 4.42. The van der Waals surface area contributed by atoms with Gasteiger partial charge in [-0.25, -0.2) is 0 Å². The minimum absolute atomic E-state index is 0.381. The standard InChI is InChI=1S/C27H19N3O3/c28-15-20-12-7-13-21-22-14-23(19-10-5-2-6-11-19)29(17-24(31)32)27(33)26(22)30(25(20)21)16-18-8-3-1-4-9-18/h1-14H,16-17H2,(H,31,32). The number of carboxylic acid groups (broad SMARTS) is 1. The average molecular weight is 433 g/mol. The summed E-state index contributed by atoms with van der Waals surface area (Å²) in [7, 11) is 0. The van der Waals surface area contributed by atoms with Crippen molar-refractivity contribution in [1.82, 2.24) is 9.13 Å². The van der Waals surface area contributed by atoms with Crippen LogP contribution in [-0.4, -0.2) is 20.2 Å². The molecule has 0 saturated heterocycles. The number of benzene rings is 3. The van der Waals surface area contributed by atoms with Gasteiger partial charge in [0.25, 0.3) is 5.56 Å². The smallest absolute Gasteiger partial charge is 0.323 e. The molecule has 0 aliphatic heterocycles. The molecule has 6 heteroatoms. The molecular formula is C27H19N3O3. The van der Waals surface area contributed by atoms with Crippen molar-refractivity contribution in [2.24, 2.45) is 0 Å². The summed E-state index contributed by atoms with van der Waals surface area (Å²) in [6.07, 6.45) is 0. The molecule has 0 unspecified atom stereocenters. The van der Waals surface area contributed by atoms with E-state index in [-0.39, 0.29) is 0 Å². The largest absolute Gasteiger partial charge is 0.480 e.